The van der Waals surface area contributed by atoms with Gasteiger partial charge in [0, 0.05) is 6.20 Å². The Morgan fingerprint density at radius 1 is 1.33 bits per heavy atom. The molecule has 1 fully saturated rings. The van der Waals surface area contributed by atoms with E-state index < -0.39 is 0 Å². The van der Waals surface area contributed by atoms with Gasteiger partial charge in [-0.25, -0.2) is 4.79 Å². The number of anilines is 1. The molecule has 0 spiro atoms. The monoisotopic (exact) mass is 246 g/mol. The summed E-state index contributed by atoms with van der Waals surface area (Å²) in [5, 5.41) is 15.0. The first-order valence-electron chi connectivity index (χ1n) is 6.20. The van der Waals surface area contributed by atoms with Crippen molar-refractivity contribution in [2.45, 2.75) is 32.6 Å². The van der Waals surface area contributed by atoms with Gasteiger partial charge in [-0.2, -0.15) is 0 Å². The zero-order valence-corrected chi connectivity index (χ0v) is 10.5. The van der Waals surface area contributed by atoms with E-state index in [0.29, 0.717) is 5.69 Å². The molecule has 0 radical (unpaired) electrons. The van der Waals surface area contributed by atoms with Crippen LogP contribution in [0.2, 0.25) is 0 Å². The van der Waals surface area contributed by atoms with Crippen LogP contribution < -0.4 is 10.6 Å². The third-order valence-corrected chi connectivity index (χ3v) is 3.05. The van der Waals surface area contributed by atoms with Gasteiger partial charge in [-0.1, -0.05) is 11.6 Å². The van der Waals surface area contributed by atoms with E-state index in [1.807, 2.05) is 13.0 Å². The standard InChI is InChI=1S/C14H18N2O2/c1-10-6-7-12(13(17)8-10)16-14(18)15-9-11-4-2-3-5-11/h6-9,17H,2-5H2,1H3,(H2,15,16,18). The van der Waals surface area contributed by atoms with E-state index in [4.69, 9.17) is 0 Å². The van der Waals surface area contributed by atoms with Gasteiger partial charge < -0.3 is 15.7 Å². The molecular weight excluding hydrogens is 228 g/mol. The van der Waals surface area contributed by atoms with Gasteiger partial charge in [-0.15, -0.1) is 0 Å². The van der Waals surface area contributed by atoms with Gasteiger partial charge in [0.25, 0.3) is 0 Å². The molecule has 1 aliphatic rings. The van der Waals surface area contributed by atoms with Crippen molar-refractivity contribution in [3.05, 3.63) is 35.5 Å². The van der Waals surface area contributed by atoms with Crippen LogP contribution in [0.15, 0.2) is 30.0 Å². The molecule has 0 heterocycles. The number of amides is 2. The minimum absolute atomic E-state index is 0.0821. The van der Waals surface area contributed by atoms with E-state index in [1.54, 1.807) is 18.3 Å². The Morgan fingerprint density at radius 2 is 2.06 bits per heavy atom. The fraction of sp³-hybridized carbons (Fsp3) is 0.357. The van der Waals surface area contributed by atoms with E-state index in [-0.39, 0.29) is 11.8 Å². The number of phenols is 1. The fourth-order valence-corrected chi connectivity index (χ4v) is 2.05. The lowest BCUT2D eigenvalue weighted by atomic mass is 10.2. The molecule has 4 nitrogen and oxygen atoms in total. The van der Waals surface area contributed by atoms with Crippen LogP contribution in [-0.4, -0.2) is 11.1 Å². The molecule has 0 aromatic heterocycles. The number of benzene rings is 1. The Kier molecular flexibility index (Phi) is 3.87. The molecule has 1 aromatic rings. The van der Waals surface area contributed by atoms with Gasteiger partial charge in [-0.3, -0.25) is 0 Å². The molecule has 1 aliphatic carbocycles. The Bertz CT molecular complexity index is 473. The highest BCUT2D eigenvalue weighted by molar-refractivity contribution is 5.91. The molecule has 0 unspecified atom stereocenters. The largest absolute Gasteiger partial charge is 0.506 e. The van der Waals surface area contributed by atoms with Crippen LogP contribution >= 0.6 is 0 Å². The first-order chi connectivity index (χ1) is 8.65. The van der Waals surface area contributed by atoms with Crippen molar-refractivity contribution in [2.75, 3.05) is 5.32 Å². The lowest BCUT2D eigenvalue weighted by molar-refractivity contribution is 0.255. The summed E-state index contributed by atoms with van der Waals surface area (Å²) in [5.41, 5.74) is 2.65. The van der Waals surface area contributed by atoms with Crippen LogP contribution in [0.5, 0.6) is 5.75 Å². The lowest BCUT2D eigenvalue weighted by Gasteiger charge is -2.08. The maximum Gasteiger partial charge on any atom is 0.323 e. The maximum absolute atomic E-state index is 11.6. The summed E-state index contributed by atoms with van der Waals surface area (Å²) in [5.74, 6) is 0.0821. The Labute approximate surface area is 107 Å². The quantitative estimate of drug-likeness (QED) is 0.701. The highest BCUT2D eigenvalue weighted by Crippen LogP contribution is 2.24. The van der Waals surface area contributed by atoms with Crippen molar-refractivity contribution in [3.63, 3.8) is 0 Å². The van der Waals surface area contributed by atoms with Crippen molar-refractivity contribution < 1.29 is 9.90 Å². The molecule has 4 heteroatoms. The highest BCUT2D eigenvalue weighted by atomic mass is 16.3. The van der Waals surface area contributed by atoms with Gasteiger partial charge in [0.2, 0.25) is 0 Å². The van der Waals surface area contributed by atoms with Crippen LogP contribution in [0, 0.1) is 6.92 Å². The number of urea groups is 1. The minimum atomic E-state index is -0.325. The molecule has 0 aliphatic heterocycles. The second-order valence-corrected chi connectivity index (χ2v) is 4.63. The summed E-state index contributed by atoms with van der Waals surface area (Å²) < 4.78 is 0. The van der Waals surface area contributed by atoms with Crippen molar-refractivity contribution in [1.82, 2.24) is 5.32 Å². The average Bonchev–Trinajstić information content (AvgIpc) is 2.83. The number of phenolic OH excluding ortho intramolecular Hbond substituents is 1. The smallest absolute Gasteiger partial charge is 0.323 e. The number of carbonyl (C=O) groups excluding carboxylic acids is 1. The van der Waals surface area contributed by atoms with E-state index in [0.717, 1.165) is 18.4 Å². The van der Waals surface area contributed by atoms with Gasteiger partial charge in [0.1, 0.15) is 5.75 Å². The van der Waals surface area contributed by atoms with E-state index in [2.05, 4.69) is 10.6 Å². The van der Waals surface area contributed by atoms with Crippen molar-refractivity contribution >= 4 is 11.7 Å². The molecule has 0 saturated heterocycles. The third kappa shape index (κ3) is 3.26. The number of hydrogen-bond acceptors (Lipinski definition) is 2. The molecule has 2 amide bonds. The third-order valence-electron chi connectivity index (χ3n) is 3.05. The summed E-state index contributed by atoms with van der Waals surface area (Å²) in [4.78, 5) is 11.6. The molecule has 1 aromatic carbocycles. The fourth-order valence-electron chi connectivity index (χ4n) is 2.05. The van der Waals surface area contributed by atoms with Crippen LogP contribution in [0.1, 0.15) is 31.2 Å². The molecular formula is C14H18N2O2. The number of aryl methyl sites for hydroxylation is 1. The van der Waals surface area contributed by atoms with Crippen molar-refractivity contribution in [2.24, 2.45) is 0 Å². The normalized spacial score (nSPS) is 14.4. The Morgan fingerprint density at radius 3 is 2.72 bits per heavy atom. The van der Waals surface area contributed by atoms with Gasteiger partial charge >= 0.3 is 6.03 Å². The first-order valence-corrected chi connectivity index (χ1v) is 6.20. The molecule has 0 bridgehead atoms. The average molecular weight is 246 g/mol. The highest BCUT2D eigenvalue weighted by Gasteiger charge is 2.08. The van der Waals surface area contributed by atoms with Crippen molar-refractivity contribution in [3.8, 4) is 5.75 Å². The zero-order chi connectivity index (χ0) is 13.0. The van der Waals surface area contributed by atoms with Gasteiger partial charge in [0.15, 0.2) is 0 Å². The number of rotatable bonds is 2. The number of hydrogen-bond donors (Lipinski definition) is 3. The van der Waals surface area contributed by atoms with E-state index in [1.165, 1.54) is 18.4 Å². The summed E-state index contributed by atoms with van der Waals surface area (Å²) in [7, 11) is 0. The zero-order valence-electron chi connectivity index (χ0n) is 10.5. The number of aromatic hydroxyl groups is 1. The van der Waals surface area contributed by atoms with Crippen LogP contribution in [-0.2, 0) is 0 Å². The summed E-state index contributed by atoms with van der Waals surface area (Å²) in [6.07, 6.45) is 6.31. The van der Waals surface area contributed by atoms with Gasteiger partial charge in [-0.05, 0) is 50.3 Å². The number of nitrogens with one attached hydrogen (secondary N) is 2. The topological polar surface area (TPSA) is 61.4 Å². The SMILES string of the molecule is Cc1ccc(NC(=O)NC=C2CCCC2)c(O)c1. The molecule has 3 N–H and O–H groups in total. The summed E-state index contributed by atoms with van der Waals surface area (Å²) in [6, 6.07) is 4.82. The molecule has 2 rings (SSSR count). The molecule has 1 saturated carbocycles. The van der Waals surface area contributed by atoms with E-state index in [9.17, 15) is 9.90 Å². The second kappa shape index (κ2) is 5.58. The van der Waals surface area contributed by atoms with Crippen LogP contribution in [0.25, 0.3) is 0 Å². The number of carbonyl (C=O) groups is 1. The Hall–Kier alpha value is -1.97. The maximum atomic E-state index is 11.6. The van der Waals surface area contributed by atoms with Crippen molar-refractivity contribution in [1.29, 1.82) is 0 Å². The minimum Gasteiger partial charge on any atom is -0.506 e. The number of allylic oxidation sites excluding steroid dienone is 1. The predicted octanol–water partition coefficient (Wildman–Crippen LogP) is 3.28. The predicted molar refractivity (Wildman–Crippen MR) is 71.5 cm³/mol. The van der Waals surface area contributed by atoms with Gasteiger partial charge in [0.05, 0.1) is 5.69 Å². The lowest BCUT2D eigenvalue weighted by Crippen LogP contribution is -2.24. The summed E-state index contributed by atoms with van der Waals surface area (Å²) >= 11 is 0. The van der Waals surface area contributed by atoms with Crippen LogP contribution in [0.4, 0.5) is 10.5 Å². The molecule has 0 atom stereocenters. The molecule has 18 heavy (non-hydrogen) atoms. The second-order valence-electron chi connectivity index (χ2n) is 4.63. The summed E-state index contributed by atoms with van der Waals surface area (Å²) in [6.45, 7) is 1.88. The van der Waals surface area contributed by atoms with E-state index >= 15 is 0 Å². The first kappa shape index (κ1) is 12.5. The molecule has 96 valence electrons. The van der Waals surface area contributed by atoms with Crippen LogP contribution in [0.3, 0.4) is 0 Å². The Balaban J connectivity index is 1.92.